The zero-order valence-corrected chi connectivity index (χ0v) is 22.1. The fourth-order valence-corrected chi connectivity index (χ4v) is 5.63. The van der Waals surface area contributed by atoms with Crippen molar-refractivity contribution in [1.82, 2.24) is 14.8 Å². The van der Waals surface area contributed by atoms with E-state index in [1.165, 1.54) is 30.2 Å². The first-order chi connectivity index (χ1) is 16.1. The Morgan fingerprint density at radius 1 is 1.18 bits per heavy atom. The number of aromatic nitrogens is 3. The van der Waals surface area contributed by atoms with Gasteiger partial charge in [0.15, 0.2) is 17.1 Å². The van der Waals surface area contributed by atoms with Gasteiger partial charge in [-0.2, -0.15) is 0 Å². The first kappa shape index (κ1) is 25.8. The molecular formula is C24H30N4O4S2. The van der Waals surface area contributed by atoms with Gasteiger partial charge in [-0.1, -0.05) is 24.8 Å². The van der Waals surface area contributed by atoms with Crippen molar-refractivity contribution in [1.29, 1.82) is 0 Å². The molecule has 2 heterocycles. The van der Waals surface area contributed by atoms with Crippen LogP contribution in [0.3, 0.4) is 0 Å². The molecule has 1 aromatic carbocycles. The Balaban J connectivity index is 1.66. The highest BCUT2D eigenvalue weighted by molar-refractivity contribution is 7.99. The number of rotatable bonds is 9. The zero-order valence-electron chi connectivity index (χ0n) is 20.5. The number of nitrogens with one attached hydrogen (secondary N) is 1. The monoisotopic (exact) mass is 502 g/mol. The number of hydrogen-bond donors (Lipinski definition) is 1. The Labute approximate surface area is 208 Å². The summed E-state index contributed by atoms with van der Waals surface area (Å²) in [6.07, 6.45) is 0.368. The van der Waals surface area contributed by atoms with Crippen LogP contribution in [-0.4, -0.2) is 39.5 Å². The van der Waals surface area contributed by atoms with Crippen LogP contribution in [-0.2, 0) is 23.0 Å². The average Bonchev–Trinajstić information content (AvgIpc) is 3.29. The highest BCUT2D eigenvalue weighted by Gasteiger charge is 2.24. The van der Waals surface area contributed by atoms with Gasteiger partial charge >= 0.3 is 5.97 Å². The fourth-order valence-electron chi connectivity index (χ4n) is 3.77. The molecule has 1 amide bonds. The van der Waals surface area contributed by atoms with E-state index in [1.807, 2.05) is 58.4 Å². The second-order valence-electron chi connectivity index (χ2n) is 8.01. The predicted octanol–water partition coefficient (Wildman–Crippen LogP) is 5.02. The third-order valence-electron chi connectivity index (χ3n) is 5.28. The molecule has 0 bridgehead atoms. The van der Waals surface area contributed by atoms with Gasteiger partial charge < -0.3 is 19.4 Å². The van der Waals surface area contributed by atoms with Crippen LogP contribution in [0.5, 0.6) is 5.75 Å². The lowest BCUT2D eigenvalue weighted by Gasteiger charge is -2.15. The largest absolute Gasteiger partial charge is 0.483 e. The molecule has 0 aliphatic carbocycles. The first-order valence-electron chi connectivity index (χ1n) is 10.9. The van der Waals surface area contributed by atoms with Crippen molar-refractivity contribution in [3.63, 3.8) is 0 Å². The molecule has 1 unspecified atom stereocenters. The van der Waals surface area contributed by atoms with Gasteiger partial charge in [-0.3, -0.25) is 4.79 Å². The topological polar surface area (TPSA) is 95.3 Å². The number of hydrogen-bond acceptors (Lipinski definition) is 8. The van der Waals surface area contributed by atoms with Crippen molar-refractivity contribution in [3.8, 4) is 5.75 Å². The van der Waals surface area contributed by atoms with Gasteiger partial charge in [0.05, 0.1) is 18.4 Å². The molecule has 0 aliphatic heterocycles. The van der Waals surface area contributed by atoms with Gasteiger partial charge in [-0.15, -0.1) is 21.5 Å². The van der Waals surface area contributed by atoms with E-state index in [4.69, 9.17) is 9.47 Å². The summed E-state index contributed by atoms with van der Waals surface area (Å²) in [4.78, 5) is 25.9. The Morgan fingerprint density at radius 2 is 1.85 bits per heavy atom. The summed E-state index contributed by atoms with van der Waals surface area (Å²) in [6, 6.07) is 6.06. The minimum atomic E-state index is -0.445. The van der Waals surface area contributed by atoms with Crippen molar-refractivity contribution in [2.45, 2.75) is 52.3 Å². The molecule has 182 valence electrons. The van der Waals surface area contributed by atoms with E-state index in [1.54, 1.807) is 0 Å². The predicted molar refractivity (Wildman–Crippen MR) is 135 cm³/mol. The van der Waals surface area contributed by atoms with E-state index in [0.717, 1.165) is 27.3 Å². The number of thiophene rings is 1. The smallest absolute Gasteiger partial charge is 0.341 e. The van der Waals surface area contributed by atoms with Crippen LogP contribution in [0.1, 0.15) is 57.7 Å². The van der Waals surface area contributed by atoms with Crippen molar-refractivity contribution in [3.05, 3.63) is 51.2 Å². The maximum Gasteiger partial charge on any atom is 0.341 e. The number of aryl methyl sites for hydroxylation is 3. The minimum Gasteiger partial charge on any atom is -0.483 e. The van der Waals surface area contributed by atoms with Gasteiger partial charge in [-0.05, 0) is 62.9 Å². The highest BCUT2D eigenvalue weighted by Crippen LogP contribution is 2.34. The Kier molecular flexibility index (Phi) is 8.37. The molecule has 0 spiro atoms. The van der Waals surface area contributed by atoms with Crippen molar-refractivity contribution < 1.29 is 19.1 Å². The molecule has 0 fully saturated rings. The van der Waals surface area contributed by atoms with Crippen LogP contribution in [0.25, 0.3) is 0 Å². The Bertz CT molecular complexity index is 1180. The number of thioether (sulfide) groups is 1. The minimum absolute atomic E-state index is 0.122. The van der Waals surface area contributed by atoms with E-state index >= 15 is 0 Å². The lowest BCUT2D eigenvalue weighted by Crippen LogP contribution is -2.16. The van der Waals surface area contributed by atoms with Crippen LogP contribution in [0, 0.1) is 20.8 Å². The second-order valence-corrected chi connectivity index (χ2v) is 10.2. The molecule has 0 saturated carbocycles. The molecule has 3 rings (SSSR count). The number of anilines is 1. The van der Waals surface area contributed by atoms with Crippen molar-refractivity contribution >= 4 is 40.0 Å². The molecule has 2 aromatic heterocycles. The van der Waals surface area contributed by atoms with Crippen molar-refractivity contribution in [2.75, 3.05) is 18.2 Å². The van der Waals surface area contributed by atoms with Gasteiger partial charge in [0.2, 0.25) is 5.91 Å². The number of benzene rings is 1. The third-order valence-corrected chi connectivity index (χ3v) is 7.36. The van der Waals surface area contributed by atoms with E-state index in [2.05, 4.69) is 21.6 Å². The Morgan fingerprint density at radius 3 is 2.47 bits per heavy atom. The summed E-state index contributed by atoms with van der Waals surface area (Å²) < 4.78 is 12.8. The molecule has 8 nitrogen and oxygen atoms in total. The van der Waals surface area contributed by atoms with E-state index in [-0.39, 0.29) is 17.8 Å². The lowest BCUT2D eigenvalue weighted by molar-refractivity contribution is -0.113. The van der Waals surface area contributed by atoms with Gasteiger partial charge in [-0.25, -0.2) is 4.79 Å². The number of nitrogens with zero attached hydrogens (tertiary/aromatic N) is 3. The maximum absolute atomic E-state index is 12.7. The summed E-state index contributed by atoms with van der Waals surface area (Å²) in [5.41, 5.74) is 3.59. The molecule has 3 aromatic rings. The van der Waals surface area contributed by atoms with Gasteiger partial charge in [0.25, 0.3) is 0 Å². The summed E-state index contributed by atoms with van der Waals surface area (Å²) >= 11 is 2.65. The molecule has 0 radical (unpaired) electrons. The standard InChI is InChI=1S/C24H30N4O4S2/c1-8-18-16(5)34-22(20(18)23(30)31-7)25-19(29)12-33-24-27-26-21(28(24)6)15(4)32-17-10-13(2)9-14(3)11-17/h9-11,15H,8,12H2,1-7H3,(H,25,29). The maximum atomic E-state index is 12.7. The van der Waals surface area contributed by atoms with Gasteiger partial charge in [0, 0.05) is 11.9 Å². The quantitative estimate of drug-likeness (QED) is 0.324. The number of methoxy groups -OCH3 is 1. The molecule has 34 heavy (non-hydrogen) atoms. The summed E-state index contributed by atoms with van der Waals surface area (Å²) in [6.45, 7) is 9.88. The van der Waals surface area contributed by atoms with Crippen LogP contribution in [0.4, 0.5) is 5.00 Å². The Hall–Kier alpha value is -2.85. The number of amides is 1. The van der Waals surface area contributed by atoms with Gasteiger partial charge in [0.1, 0.15) is 10.8 Å². The summed E-state index contributed by atoms with van der Waals surface area (Å²) in [7, 11) is 3.19. The number of carbonyl (C=O) groups excluding carboxylic acids is 2. The lowest BCUT2D eigenvalue weighted by atomic mass is 10.1. The SMILES string of the molecule is CCc1c(C)sc(NC(=O)CSc2nnc(C(C)Oc3cc(C)cc(C)c3)n2C)c1C(=O)OC. The molecular weight excluding hydrogens is 472 g/mol. The zero-order chi connectivity index (χ0) is 25.0. The number of esters is 1. The second kappa shape index (κ2) is 11.1. The van der Waals surface area contributed by atoms with Crippen LogP contribution >= 0.6 is 23.1 Å². The van der Waals surface area contributed by atoms with E-state index in [9.17, 15) is 9.59 Å². The van der Waals surface area contributed by atoms with Crippen LogP contribution in [0.15, 0.2) is 23.4 Å². The molecule has 10 heteroatoms. The van der Waals surface area contributed by atoms with E-state index in [0.29, 0.717) is 28.0 Å². The third kappa shape index (κ3) is 5.79. The van der Waals surface area contributed by atoms with Crippen LogP contribution in [0.2, 0.25) is 0 Å². The fraction of sp³-hybridized carbons (Fsp3) is 0.417. The molecule has 0 aliphatic rings. The first-order valence-corrected chi connectivity index (χ1v) is 12.7. The molecule has 1 atom stereocenters. The average molecular weight is 503 g/mol. The number of carbonyl (C=O) groups is 2. The summed E-state index contributed by atoms with van der Waals surface area (Å²) in [5, 5.41) is 12.5. The summed E-state index contributed by atoms with van der Waals surface area (Å²) in [5.74, 6) is 0.886. The van der Waals surface area contributed by atoms with Crippen molar-refractivity contribution in [2.24, 2.45) is 7.05 Å². The normalized spacial score (nSPS) is 11.9. The molecule has 1 N–H and O–H groups in total. The van der Waals surface area contributed by atoms with Crippen LogP contribution < -0.4 is 10.1 Å². The molecule has 0 saturated heterocycles. The highest BCUT2D eigenvalue weighted by atomic mass is 32.2. The van der Waals surface area contributed by atoms with E-state index < -0.39 is 5.97 Å². The number of ether oxygens (including phenoxy) is 2.